The number of nitrogens with zero attached hydrogens (tertiary/aromatic N) is 1. The molecule has 1 amide bonds. The lowest BCUT2D eigenvalue weighted by Gasteiger charge is -2.31. The third kappa shape index (κ3) is 5.44. The Morgan fingerprint density at radius 3 is 3.12 bits per heavy atom. The second-order valence-electron chi connectivity index (χ2n) is 4.29. The first-order valence-corrected chi connectivity index (χ1v) is 5.93. The molecule has 1 heterocycles. The van der Waals surface area contributed by atoms with E-state index in [-0.39, 0.29) is 5.91 Å². The second-order valence-corrected chi connectivity index (χ2v) is 4.29. The number of ether oxygens (including phenoxy) is 1. The maximum Gasteiger partial charge on any atom is 0.234 e. The highest BCUT2D eigenvalue weighted by Crippen LogP contribution is 1.97. The fourth-order valence-electron chi connectivity index (χ4n) is 1.86. The number of carbonyl (C=O) groups excluding carboxylic acids is 1. The number of hydrogen-bond donors (Lipinski definition) is 2. The molecule has 0 spiro atoms. The van der Waals surface area contributed by atoms with Crippen LogP contribution in [0.15, 0.2) is 0 Å². The van der Waals surface area contributed by atoms with Crippen LogP contribution in [0.4, 0.5) is 0 Å². The SMILES string of the molecule is COCCCNC(=O)CN1CCNC(C)C1. The Morgan fingerprint density at radius 2 is 2.44 bits per heavy atom. The van der Waals surface area contributed by atoms with Crippen LogP contribution < -0.4 is 10.6 Å². The highest BCUT2D eigenvalue weighted by Gasteiger charge is 2.17. The third-order valence-corrected chi connectivity index (χ3v) is 2.67. The summed E-state index contributed by atoms with van der Waals surface area (Å²) in [6, 6.07) is 0.482. The monoisotopic (exact) mass is 229 g/mol. The van der Waals surface area contributed by atoms with Crippen molar-refractivity contribution in [1.29, 1.82) is 0 Å². The van der Waals surface area contributed by atoms with Crippen LogP contribution in [0, 0.1) is 0 Å². The van der Waals surface area contributed by atoms with Gasteiger partial charge in [0.2, 0.25) is 5.91 Å². The van der Waals surface area contributed by atoms with Gasteiger partial charge in [-0.05, 0) is 13.3 Å². The molecule has 1 aliphatic rings. The minimum Gasteiger partial charge on any atom is -0.385 e. The normalized spacial score (nSPS) is 22.0. The maximum atomic E-state index is 11.6. The van der Waals surface area contributed by atoms with Crippen LogP contribution in [-0.4, -0.2) is 63.3 Å². The highest BCUT2D eigenvalue weighted by molar-refractivity contribution is 5.77. The topological polar surface area (TPSA) is 53.6 Å². The van der Waals surface area contributed by atoms with Crippen LogP contribution in [-0.2, 0) is 9.53 Å². The number of piperazine rings is 1. The van der Waals surface area contributed by atoms with Gasteiger partial charge in [0.05, 0.1) is 6.54 Å². The van der Waals surface area contributed by atoms with Crippen molar-refractivity contribution in [2.45, 2.75) is 19.4 Å². The molecule has 0 aromatic heterocycles. The summed E-state index contributed by atoms with van der Waals surface area (Å²) in [5.41, 5.74) is 0. The van der Waals surface area contributed by atoms with E-state index in [2.05, 4.69) is 22.5 Å². The summed E-state index contributed by atoms with van der Waals surface area (Å²) < 4.78 is 4.92. The van der Waals surface area contributed by atoms with Crippen LogP contribution in [0.2, 0.25) is 0 Å². The standard InChI is InChI=1S/C11H23N3O2/c1-10-8-14(6-5-12-10)9-11(15)13-4-3-7-16-2/h10,12H,3-9H2,1-2H3,(H,13,15). The predicted molar refractivity (Wildman–Crippen MR) is 63.4 cm³/mol. The first-order chi connectivity index (χ1) is 7.72. The van der Waals surface area contributed by atoms with Crippen molar-refractivity contribution in [2.24, 2.45) is 0 Å². The summed E-state index contributed by atoms with van der Waals surface area (Å²) in [5.74, 6) is 0.116. The lowest BCUT2D eigenvalue weighted by atomic mass is 10.2. The molecule has 16 heavy (non-hydrogen) atoms. The summed E-state index contributed by atoms with van der Waals surface area (Å²) in [7, 11) is 1.67. The van der Waals surface area contributed by atoms with Crippen LogP contribution in [0.1, 0.15) is 13.3 Å². The molecule has 0 aromatic rings. The van der Waals surface area contributed by atoms with Gasteiger partial charge in [0.15, 0.2) is 0 Å². The number of carbonyl (C=O) groups is 1. The van der Waals surface area contributed by atoms with E-state index in [9.17, 15) is 4.79 Å². The van der Waals surface area contributed by atoms with Crippen molar-refractivity contribution in [3.05, 3.63) is 0 Å². The smallest absolute Gasteiger partial charge is 0.234 e. The Kier molecular flexibility index (Phi) is 6.37. The molecule has 5 heteroatoms. The molecular weight excluding hydrogens is 206 g/mol. The number of hydrogen-bond acceptors (Lipinski definition) is 4. The van der Waals surface area contributed by atoms with E-state index < -0.39 is 0 Å². The van der Waals surface area contributed by atoms with E-state index in [1.807, 2.05) is 0 Å². The quantitative estimate of drug-likeness (QED) is 0.599. The summed E-state index contributed by atoms with van der Waals surface area (Å²) >= 11 is 0. The number of nitrogens with one attached hydrogen (secondary N) is 2. The van der Waals surface area contributed by atoms with Crippen LogP contribution >= 0.6 is 0 Å². The van der Waals surface area contributed by atoms with Gasteiger partial charge in [-0.15, -0.1) is 0 Å². The minimum atomic E-state index is 0.116. The van der Waals surface area contributed by atoms with Crippen molar-refractivity contribution in [2.75, 3.05) is 46.4 Å². The molecule has 0 saturated carbocycles. The van der Waals surface area contributed by atoms with Gasteiger partial charge in [0.1, 0.15) is 0 Å². The molecule has 1 unspecified atom stereocenters. The van der Waals surface area contributed by atoms with E-state index in [4.69, 9.17) is 4.74 Å². The molecule has 1 atom stereocenters. The van der Waals surface area contributed by atoms with E-state index in [0.717, 1.165) is 26.1 Å². The maximum absolute atomic E-state index is 11.6. The molecule has 1 aliphatic heterocycles. The van der Waals surface area contributed by atoms with E-state index in [1.165, 1.54) is 0 Å². The highest BCUT2D eigenvalue weighted by atomic mass is 16.5. The zero-order valence-electron chi connectivity index (χ0n) is 10.3. The molecule has 0 aromatic carbocycles. The first kappa shape index (κ1) is 13.4. The Hall–Kier alpha value is -0.650. The number of rotatable bonds is 6. The van der Waals surface area contributed by atoms with Crippen molar-refractivity contribution in [3.63, 3.8) is 0 Å². The molecule has 0 bridgehead atoms. The third-order valence-electron chi connectivity index (χ3n) is 2.67. The molecule has 0 aliphatic carbocycles. The molecule has 1 saturated heterocycles. The molecule has 0 radical (unpaired) electrons. The Balaban J connectivity index is 2.08. The van der Waals surface area contributed by atoms with E-state index in [1.54, 1.807) is 7.11 Å². The zero-order chi connectivity index (χ0) is 11.8. The van der Waals surface area contributed by atoms with Gasteiger partial charge in [-0.2, -0.15) is 0 Å². The largest absolute Gasteiger partial charge is 0.385 e. The average Bonchev–Trinajstić information content (AvgIpc) is 2.24. The molecule has 1 fully saturated rings. The Bertz CT molecular complexity index is 211. The van der Waals surface area contributed by atoms with Crippen LogP contribution in [0.25, 0.3) is 0 Å². The summed E-state index contributed by atoms with van der Waals surface area (Å²) in [6.07, 6.45) is 0.875. The fraction of sp³-hybridized carbons (Fsp3) is 0.909. The zero-order valence-corrected chi connectivity index (χ0v) is 10.3. The summed E-state index contributed by atoms with van der Waals surface area (Å²) in [5, 5.41) is 6.25. The predicted octanol–water partition coefficient (Wildman–Crippen LogP) is -0.567. The van der Waals surface area contributed by atoms with Gasteiger partial charge in [0.25, 0.3) is 0 Å². The van der Waals surface area contributed by atoms with Crippen molar-refractivity contribution in [3.8, 4) is 0 Å². The molecule has 2 N–H and O–H groups in total. The number of amides is 1. The van der Waals surface area contributed by atoms with Crippen molar-refractivity contribution >= 4 is 5.91 Å². The van der Waals surface area contributed by atoms with E-state index >= 15 is 0 Å². The van der Waals surface area contributed by atoms with Gasteiger partial charge >= 0.3 is 0 Å². The van der Waals surface area contributed by atoms with Crippen molar-refractivity contribution in [1.82, 2.24) is 15.5 Å². The number of methoxy groups -OCH3 is 1. The van der Waals surface area contributed by atoms with Gasteiger partial charge in [-0.3, -0.25) is 9.69 Å². The molecular formula is C11H23N3O2. The van der Waals surface area contributed by atoms with Gasteiger partial charge in [-0.1, -0.05) is 0 Å². The van der Waals surface area contributed by atoms with Gasteiger partial charge in [0, 0.05) is 45.9 Å². The van der Waals surface area contributed by atoms with E-state index in [0.29, 0.717) is 25.7 Å². The van der Waals surface area contributed by atoms with Crippen LogP contribution in [0.5, 0.6) is 0 Å². The van der Waals surface area contributed by atoms with Gasteiger partial charge in [-0.25, -0.2) is 0 Å². The molecule has 94 valence electrons. The summed E-state index contributed by atoms with van der Waals surface area (Å²) in [6.45, 7) is 6.93. The molecule has 1 rings (SSSR count). The molecule has 5 nitrogen and oxygen atoms in total. The summed E-state index contributed by atoms with van der Waals surface area (Å²) in [4.78, 5) is 13.8. The Morgan fingerprint density at radius 1 is 1.62 bits per heavy atom. The Labute approximate surface area is 97.5 Å². The minimum absolute atomic E-state index is 0.116. The van der Waals surface area contributed by atoms with Crippen molar-refractivity contribution < 1.29 is 9.53 Å². The van der Waals surface area contributed by atoms with Crippen LogP contribution in [0.3, 0.4) is 0 Å². The lowest BCUT2D eigenvalue weighted by molar-refractivity contribution is -0.122. The first-order valence-electron chi connectivity index (χ1n) is 5.93. The lowest BCUT2D eigenvalue weighted by Crippen LogP contribution is -2.51. The van der Waals surface area contributed by atoms with Gasteiger partial charge < -0.3 is 15.4 Å². The fourth-order valence-corrected chi connectivity index (χ4v) is 1.86. The average molecular weight is 229 g/mol. The second kappa shape index (κ2) is 7.60.